The predicted molar refractivity (Wildman–Crippen MR) is 119 cm³/mol. The van der Waals surface area contributed by atoms with E-state index in [1.165, 1.54) is 12.8 Å². The summed E-state index contributed by atoms with van der Waals surface area (Å²) in [5, 5.41) is 6.85. The van der Waals surface area contributed by atoms with Crippen LogP contribution < -0.4 is 16.4 Å². The first kappa shape index (κ1) is 22.8. The van der Waals surface area contributed by atoms with E-state index in [-0.39, 0.29) is 23.8 Å². The number of nitrogens with two attached hydrogens (primary N) is 1. The molecule has 0 bridgehead atoms. The van der Waals surface area contributed by atoms with Crippen molar-refractivity contribution in [1.82, 2.24) is 20.4 Å². The zero-order valence-electron chi connectivity index (χ0n) is 18.6. The summed E-state index contributed by atoms with van der Waals surface area (Å²) >= 11 is 0. The molecule has 1 saturated carbocycles. The number of piperidine rings is 1. The van der Waals surface area contributed by atoms with Crippen LogP contribution in [0.1, 0.15) is 58.3 Å². The van der Waals surface area contributed by atoms with Gasteiger partial charge in [-0.1, -0.05) is 12.8 Å². The SMILES string of the molecule is CCNC(=NCCCN1CCCC(C(N)=O)C1)NC1CCN(C(=O)C2CCCC2)C1. The first-order chi connectivity index (χ1) is 14.6. The summed E-state index contributed by atoms with van der Waals surface area (Å²) in [6.45, 7) is 8.02. The van der Waals surface area contributed by atoms with Gasteiger partial charge in [-0.15, -0.1) is 0 Å². The van der Waals surface area contributed by atoms with Crippen molar-refractivity contribution in [2.75, 3.05) is 45.8 Å². The van der Waals surface area contributed by atoms with Crippen LogP contribution >= 0.6 is 0 Å². The molecule has 4 N–H and O–H groups in total. The molecule has 3 fully saturated rings. The van der Waals surface area contributed by atoms with Crippen LogP contribution in [0.2, 0.25) is 0 Å². The summed E-state index contributed by atoms with van der Waals surface area (Å²) in [6.07, 6.45) is 8.42. The van der Waals surface area contributed by atoms with E-state index in [1.54, 1.807) is 0 Å². The molecule has 0 spiro atoms. The second-order valence-corrected chi connectivity index (χ2v) is 9.05. The van der Waals surface area contributed by atoms with Gasteiger partial charge in [-0.2, -0.15) is 0 Å². The molecule has 0 aromatic rings. The highest BCUT2D eigenvalue weighted by atomic mass is 16.2. The molecule has 0 aromatic carbocycles. The number of nitrogens with one attached hydrogen (secondary N) is 2. The van der Waals surface area contributed by atoms with E-state index >= 15 is 0 Å². The standard InChI is InChI=1S/C22H40N6O2/c1-2-24-22(25-11-6-13-27-12-5-9-18(15-27)20(23)29)26-19-10-14-28(16-19)21(30)17-7-3-4-8-17/h17-19H,2-16H2,1H3,(H2,23,29)(H2,24,25,26). The number of carbonyl (C=O) groups is 2. The van der Waals surface area contributed by atoms with Gasteiger partial charge in [0.2, 0.25) is 11.8 Å². The summed E-state index contributed by atoms with van der Waals surface area (Å²) in [5.74, 6) is 1.28. The Bertz CT molecular complexity index is 604. The molecule has 3 rings (SSSR count). The number of guanidine groups is 1. The fourth-order valence-corrected chi connectivity index (χ4v) is 5.00. The molecule has 8 heteroatoms. The molecular weight excluding hydrogens is 380 g/mol. The van der Waals surface area contributed by atoms with Gasteiger partial charge in [-0.05, 0) is 58.5 Å². The van der Waals surface area contributed by atoms with Gasteiger partial charge in [0.15, 0.2) is 5.96 Å². The molecule has 170 valence electrons. The maximum atomic E-state index is 12.6. The molecule has 1 aliphatic carbocycles. The Balaban J connectivity index is 1.40. The topological polar surface area (TPSA) is 103 Å². The van der Waals surface area contributed by atoms with Gasteiger partial charge in [0.05, 0.1) is 5.92 Å². The first-order valence-electron chi connectivity index (χ1n) is 11.9. The Morgan fingerprint density at radius 2 is 1.80 bits per heavy atom. The monoisotopic (exact) mass is 420 g/mol. The summed E-state index contributed by atoms with van der Waals surface area (Å²) in [6, 6.07) is 0.270. The molecule has 2 heterocycles. The van der Waals surface area contributed by atoms with E-state index in [0.29, 0.717) is 5.91 Å². The maximum Gasteiger partial charge on any atom is 0.225 e. The number of aliphatic imine (C=N–C) groups is 1. The van der Waals surface area contributed by atoms with Crippen molar-refractivity contribution in [3.8, 4) is 0 Å². The lowest BCUT2D eigenvalue weighted by atomic mass is 9.97. The molecule has 2 amide bonds. The van der Waals surface area contributed by atoms with Crippen LogP contribution in [-0.4, -0.2) is 79.4 Å². The largest absolute Gasteiger partial charge is 0.369 e. The summed E-state index contributed by atoms with van der Waals surface area (Å²) in [5.41, 5.74) is 5.47. The molecule has 2 aliphatic heterocycles. The Morgan fingerprint density at radius 1 is 1.03 bits per heavy atom. The lowest BCUT2D eigenvalue weighted by Gasteiger charge is -2.30. The second-order valence-electron chi connectivity index (χ2n) is 9.05. The Hall–Kier alpha value is -1.83. The number of primary amides is 1. The van der Waals surface area contributed by atoms with Crippen molar-refractivity contribution in [2.45, 2.75) is 64.3 Å². The third-order valence-electron chi connectivity index (χ3n) is 6.70. The molecule has 2 saturated heterocycles. The Labute approximate surface area is 181 Å². The highest BCUT2D eigenvalue weighted by molar-refractivity contribution is 5.81. The Morgan fingerprint density at radius 3 is 2.53 bits per heavy atom. The Kier molecular flexibility index (Phi) is 8.78. The molecular formula is C22H40N6O2. The quantitative estimate of drug-likeness (QED) is 0.308. The summed E-state index contributed by atoms with van der Waals surface area (Å²) in [4.78, 5) is 33.2. The number of hydrogen-bond donors (Lipinski definition) is 3. The van der Waals surface area contributed by atoms with Crippen molar-refractivity contribution >= 4 is 17.8 Å². The average molecular weight is 421 g/mol. The van der Waals surface area contributed by atoms with Crippen LogP contribution in [0.5, 0.6) is 0 Å². The highest BCUT2D eigenvalue weighted by Crippen LogP contribution is 2.27. The fourth-order valence-electron chi connectivity index (χ4n) is 5.00. The van der Waals surface area contributed by atoms with Crippen LogP contribution in [0.15, 0.2) is 4.99 Å². The lowest BCUT2D eigenvalue weighted by Crippen LogP contribution is -2.45. The smallest absolute Gasteiger partial charge is 0.225 e. The lowest BCUT2D eigenvalue weighted by molar-refractivity contribution is -0.134. The van der Waals surface area contributed by atoms with Crippen molar-refractivity contribution in [3.05, 3.63) is 0 Å². The van der Waals surface area contributed by atoms with E-state index in [9.17, 15) is 9.59 Å². The van der Waals surface area contributed by atoms with Crippen LogP contribution in [-0.2, 0) is 9.59 Å². The fraction of sp³-hybridized carbons (Fsp3) is 0.864. The molecule has 0 aromatic heterocycles. The van der Waals surface area contributed by atoms with Gasteiger partial charge >= 0.3 is 0 Å². The van der Waals surface area contributed by atoms with Gasteiger partial charge in [-0.3, -0.25) is 14.6 Å². The summed E-state index contributed by atoms with van der Waals surface area (Å²) < 4.78 is 0. The first-order valence-corrected chi connectivity index (χ1v) is 11.9. The van der Waals surface area contributed by atoms with Crippen molar-refractivity contribution in [2.24, 2.45) is 22.6 Å². The third kappa shape index (κ3) is 6.59. The highest BCUT2D eigenvalue weighted by Gasteiger charge is 2.32. The van der Waals surface area contributed by atoms with Crippen LogP contribution in [0.4, 0.5) is 0 Å². The van der Waals surface area contributed by atoms with E-state index in [4.69, 9.17) is 10.7 Å². The second kappa shape index (κ2) is 11.5. The number of carbonyl (C=O) groups excluding carboxylic acids is 2. The minimum absolute atomic E-state index is 0.00140. The van der Waals surface area contributed by atoms with Crippen LogP contribution in [0.25, 0.3) is 0 Å². The minimum atomic E-state index is -0.173. The summed E-state index contributed by atoms with van der Waals surface area (Å²) in [7, 11) is 0. The van der Waals surface area contributed by atoms with Crippen molar-refractivity contribution < 1.29 is 9.59 Å². The third-order valence-corrected chi connectivity index (χ3v) is 6.70. The number of hydrogen-bond acceptors (Lipinski definition) is 4. The number of likely N-dealkylation sites (tertiary alicyclic amines) is 2. The number of nitrogens with zero attached hydrogens (tertiary/aromatic N) is 3. The number of amides is 2. The molecule has 0 radical (unpaired) electrons. The average Bonchev–Trinajstić information content (AvgIpc) is 3.43. The van der Waals surface area contributed by atoms with E-state index < -0.39 is 0 Å². The van der Waals surface area contributed by atoms with Gasteiger partial charge in [0, 0.05) is 44.7 Å². The predicted octanol–water partition coefficient (Wildman–Crippen LogP) is 0.920. The molecule has 30 heavy (non-hydrogen) atoms. The van der Waals surface area contributed by atoms with Gasteiger partial charge < -0.3 is 26.2 Å². The van der Waals surface area contributed by atoms with Gasteiger partial charge in [-0.25, -0.2) is 0 Å². The molecule has 2 unspecified atom stereocenters. The van der Waals surface area contributed by atoms with Crippen molar-refractivity contribution in [3.63, 3.8) is 0 Å². The van der Waals surface area contributed by atoms with Gasteiger partial charge in [0.25, 0.3) is 0 Å². The zero-order valence-corrected chi connectivity index (χ0v) is 18.6. The number of rotatable bonds is 8. The van der Waals surface area contributed by atoms with E-state index in [1.807, 2.05) is 4.90 Å². The minimum Gasteiger partial charge on any atom is -0.369 e. The van der Waals surface area contributed by atoms with E-state index in [0.717, 1.165) is 90.3 Å². The van der Waals surface area contributed by atoms with Crippen LogP contribution in [0, 0.1) is 11.8 Å². The van der Waals surface area contributed by atoms with Crippen molar-refractivity contribution in [1.29, 1.82) is 0 Å². The molecule has 2 atom stereocenters. The maximum absolute atomic E-state index is 12.6. The van der Waals surface area contributed by atoms with Gasteiger partial charge in [0.1, 0.15) is 0 Å². The van der Waals surface area contributed by atoms with Crippen LogP contribution in [0.3, 0.4) is 0 Å². The molecule has 3 aliphatic rings. The van der Waals surface area contributed by atoms with E-state index in [2.05, 4.69) is 22.5 Å². The molecule has 8 nitrogen and oxygen atoms in total. The normalized spacial score (nSPS) is 26.2. The zero-order chi connectivity index (χ0) is 21.3.